The van der Waals surface area contributed by atoms with Crippen molar-refractivity contribution in [1.82, 2.24) is 0 Å². The number of fused-ring (bicyclic) bond motifs is 1. The minimum Gasteiger partial charge on any atom is -0.147 e. The average Bonchev–Trinajstić information content (AvgIpc) is 2.40. The van der Waals surface area contributed by atoms with E-state index in [1.165, 1.54) is 21.4 Å². The van der Waals surface area contributed by atoms with E-state index in [2.05, 4.69) is 72.8 Å². The average molecular weight is 273 g/mol. The molecule has 0 N–H and O–H groups in total. The molecular formula is C16H14ClP. The Morgan fingerprint density at radius 1 is 0.556 bits per heavy atom. The molecule has 3 aromatic carbocycles. The third-order valence-corrected chi connectivity index (χ3v) is 4.03. The van der Waals surface area contributed by atoms with Gasteiger partial charge in [-0.15, -0.1) is 12.4 Å². The monoisotopic (exact) mass is 272 g/mol. The molecule has 0 bridgehead atoms. The topological polar surface area (TPSA) is 0 Å². The van der Waals surface area contributed by atoms with Gasteiger partial charge in [0.1, 0.15) is 0 Å². The highest BCUT2D eigenvalue weighted by Gasteiger charge is 1.97. The fourth-order valence-electron chi connectivity index (χ4n) is 1.96. The normalized spacial score (nSPS) is 10.7. The molecule has 0 heterocycles. The second-order valence-electron chi connectivity index (χ2n) is 4.05. The summed E-state index contributed by atoms with van der Waals surface area (Å²) < 4.78 is 0. The third-order valence-electron chi connectivity index (χ3n) is 2.81. The minimum atomic E-state index is 0. The van der Waals surface area contributed by atoms with E-state index in [0.717, 1.165) is 8.58 Å². The standard InChI is InChI=1S/C16H13P.ClH/c1-2-8-15(9-3-1)17-16-11-10-13-6-4-5-7-14(13)12-16;/h1-12,17H;1H. The van der Waals surface area contributed by atoms with Crippen LogP contribution in [0, 0.1) is 0 Å². The van der Waals surface area contributed by atoms with E-state index >= 15 is 0 Å². The highest BCUT2D eigenvalue weighted by molar-refractivity contribution is 7.55. The molecule has 0 fully saturated rings. The molecule has 0 amide bonds. The van der Waals surface area contributed by atoms with Crippen molar-refractivity contribution < 1.29 is 0 Å². The van der Waals surface area contributed by atoms with Crippen LogP contribution in [0.15, 0.2) is 72.8 Å². The Morgan fingerprint density at radius 3 is 2.00 bits per heavy atom. The first-order valence-corrected chi connectivity index (χ1v) is 6.73. The number of halogens is 1. The highest BCUT2D eigenvalue weighted by atomic mass is 35.5. The molecule has 1 atom stereocenters. The van der Waals surface area contributed by atoms with Gasteiger partial charge in [-0.2, -0.15) is 0 Å². The van der Waals surface area contributed by atoms with Gasteiger partial charge in [-0.1, -0.05) is 75.3 Å². The summed E-state index contributed by atoms with van der Waals surface area (Å²) in [5, 5.41) is 5.43. The SMILES string of the molecule is Cl.c1ccc(Pc2ccc3ccccc3c2)cc1. The summed E-state index contributed by atoms with van der Waals surface area (Å²) in [6, 6.07) is 25.9. The molecule has 0 aliphatic heterocycles. The third kappa shape index (κ3) is 2.90. The lowest BCUT2D eigenvalue weighted by atomic mass is 10.1. The fourth-order valence-corrected chi connectivity index (χ4v) is 3.04. The molecule has 90 valence electrons. The van der Waals surface area contributed by atoms with Crippen LogP contribution >= 0.6 is 21.0 Å². The van der Waals surface area contributed by atoms with E-state index in [9.17, 15) is 0 Å². The number of hydrogen-bond donors (Lipinski definition) is 0. The van der Waals surface area contributed by atoms with E-state index in [1.54, 1.807) is 0 Å². The van der Waals surface area contributed by atoms with Crippen molar-refractivity contribution in [3.8, 4) is 0 Å². The van der Waals surface area contributed by atoms with Gasteiger partial charge in [-0.05, 0) is 27.4 Å². The fraction of sp³-hybridized carbons (Fsp3) is 0. The lowest BCUT2D eigenvalue weighted by Gasteiger charge is -2.04. The summed E-state index contributed by atoms with van der Waals surface area (Å²) in [6.45, 7) is 0. The van der Waals surface area contributed by atoms with Crippen molar-refractivity contribution in [2.75, 3.05) is 0 Å². The molecule has 2 heteroatoms. The van der Waals surface area contributed by atoms with Crippen LogP contribution in [0.1, 0.15) is 0 Å². The van der Waals surface area contributed by atoms with Gasteiger partial charge in [0.15, 0.2) is 0 Å². The van der Waals surface area contributed by atoms with Gasteiger partial charge < -0.3 is 0 Å². The summed E-state index contributed by atoms with van der Waals surface area (Å²) in [5.41, 5.74) is 0. The molecule has 0 aliphatic rings. The van der Waals surface area contributed by atoms with E-state index in [1.807, 2.05) is 0 Å². The van der Waals surface area contributed by atoms with E-state index < -0.39 is 0 Å². The minimum absolute atomic E-state index is 0. The van der Waals surface area contributed by atoms with E-state index in [0.29, 0.717) is 0 Å². The maximum Gasteiger partial charge on any atom is -0.0178 e. The van der Waals surface area contributed by atoms with Gasteiger partial charge in [-0.3, -0.25) is 0 Å². The van der Waals surface area contributed by atoms with Crippen LogP contribution < -0.4 is 10.6 Å². The first-order valence-electron chi connectivity index (χ1n) is 5.73. The van der Waals surface area contributed by atoms with Crippen LogP contribution in [0.5, 0.6) is 0 Å². The number of rotatable bonds is 2. The van der Waals surface area contributed by atoms with Crippen molar-refractivity contribution in [3.63, 3.8) is 0 Å². The van der Waals surface area contributed by atoms with Crippen molar-refractivity contribution in [1.29, 1.82) is 0 Å². The van der Waals surface area contributed by atoms with Crippen LogP contribution in [0.3, 0.4) is 0 Å². The molecule has 0 radical (unpaired) electrons. The van der Waals surface area contributed by atoms with Gasteiger partial charge >= 0.3 is 0 Å². The van der Waals surface area contributed by atoms with Crippen LogP contribution in [0.2, 0.25) is 0 Å². The summed E-state index contributed by atoms with van der Waals surface area (Å²) in [4.78, 5) is 0. The molecular weight excluding hydrogens is 259 g/mol. The Balaban J connectivity index is 0.00000120. The van der Waals surface area contributed by atoms with Crippen molar-refractivity contribution >= 4 is 42.4 Å². The first-order chi connectivity index (χ1) is 8.42. The van der Waals surface area contributed by atoms with Gasteiger partial charge in [0.05, 0.1) is 0 Å². The summed E-state index contributed by atoms with van der Waals surface area (Å²) in [6.07, 6.45) is 0. The zero-order valence-electron chi connectivity index (χ0n) is 9.84. The predicted octanol–water partition coefficient (Wildman–Crippen LogP) is 3.89. The Labute approximate surface area is 115 Å². The molecule has 0 saturated heterocycles. The highest BCUT2D eigenvalue weighted by Crippen LogP contribution is 2.16. The maximum atomic E-state index is 2.29. The van der Waals surface area contributed by atoms with Gasteiger partial charge in [0.2, 0.25) is 0 Å². The Kier molecular flexibility index (Phi) is 4.36. The first kappa shape index (κ1) is 13.1. The van der Waals surface area contributed by atoms with Crippen molar-refractivity contribution in [3.05, 3.63) is 72.8 Å². The molecule has 0 aromatic heterocycles. The second-order valence-corrected chi connectivity index (χ2v) is 5.46. The molecule has 0 saturated carbocycles. The Hall–Kier alpha value is -1.36. The van der Waals surface area contributed by atoms with Gasteiger partial charge in [-0.25, -0.2) is 0 Å². The van der Waals surface area contributed by atoms with Crippen molar-refractivity contribution in [2.24, 2.45) is 0 Å². The maximum absolute atomic E-state index is 2.29. The zero-order chi connectivity index (χ0) is 11.5. The lowest BCUT2D eigenvalue weighted by Crippen LogP contribution is -2.02. The van der Waals surface area contributed by atoms with E-state index in [4.69, 9.17) is 0 Å². The second kappa shape index (κ2) is 6.00. The van der Waals surface area contributed by atoms with Crippen LogP contribution in [-0.2, 0) is 0 Å². The molecule has 18 heavy (non-hydrogen) atoms. The van der Waals surface area contributed by atoms with E-state index in [-0.39, 0.29) is 12.4 Å². The quantitative estimate of drug-likeness (QED) is 0.621. The summed E-state index contributed by atoms with van der Waals surface area (Å²) in [5.74, 6) is 0. The Bertz CT molecular complexity index is 635. The summed E-state index contributed by atoms with van der Waals surface area (Å²) >= 11 is 0. The zero-order valence-corrected chi connectivity index (χ0v) is 11.7. The molecule has 0 nitrogen and oxygen atoms in total. The van der Waals surface area contributed by atoms with Crippen LogP contribution in [0.4, 0.5) is 0 Å². The number of benzene rings is 3. The molecule has 0 aliphatic carbocycles. The Morgan fingerprint density at radius 2 is 1.22 bits per heavy atom. The van der Waals surface area contributed by atoms with Crippen LogP contribution in [-0.4, -0.2) is 0 Å². The van der Waals surface area contributed by atoms with Crippen LogP contribution in [0.25, 0.3) is 10.8 Å². The lowest BCUT2D eigenvalue weighted by molar-refractivity contribution is 1.77. The molecule has 1 unspecified atom stereocenters. The smallest absolute Gasteiger partial charge is 0.0178 e. The molecule has 3 rings (SSSR count). The molecule has 3 aromatic rings. The predicted molar refractivity (Wildman–Crippen MR) is 85.2 cm³/mol. The van der Waals surface area contributed by atoms with Gasteiger partial charge in [0.25, 0.3) is 0 Å². The largest absolute Gasteiger partial charge is 0.147 e. The van der Waals surface area contributed by atoms with Crippen molar-refractivity contribution in [2.45, 2.75) is 0 Å². The number of hydrogen-bond acceptors (Lipinski definition) is 0. The van der Waals surface area contributed by atoms with Gasteiger partial charge in [0, 0.05) is 0 Å². The summed E-state index contributed by atoms with van der Waals surface area (Å²) in [7, 11) is 0.740. The molecule has 0 spiro atoms.